The van der Waals surface area contributed by atoms with Crippen LogP contribution in [0.5, 0.6) is 0 Å². The molecule has 2 aromatic carbocycles. The van der Waals surface area contributed by atoms with Crippen molar-refractivity contribution in [3.8, 4) is 0 Å². The van der Waals surface area contributed by atoms with Gasteiger partial charge in [-0.1, -0.05) is 34.8 Å². The lowest BCUT2D eigenvalue weighted by molar-refractivity contribution is 0.0788. The highest BCUT2D eigenvalue weighted by atomic mass is 35.5. The van der Waals surface area contributed by atoms with Crippen molar-refractivity contribution in [2.24, 2.45) is 5.92 Å². The SMILES string of the molecule is Cc1ccc(Cl)c(C(=O)N2CC[C@@H](CNc3cnc4cc(Cl)ccc4n3)C2)c1. The van der Waals surface area contributed by atoms with E-state index < -0.39 is 0 Å². The largest absolute Gasteiger partial charge is 0.368 e. The summed E-state index contributed by atoms with van der Waals surface area (Å²) in [6.07, 6.45) is 2.65. The molecule has 0 bridgehead atoms. The van der Waals surface area contributed by atoms with E-state index in [1.807, 2.05) is 30.0 Å². The first kappa shape index (κ1) is 19.0. The van der Waals surface area contributed by atoms with Crippen LogP contribution in [0.1, 0.15) is 22.3 Å². The number of aromatic nitrogens is 2. The van der Waals surface area contributed by atoms with Crippen molar-refractivity contribution in [1.82, 2.24) is 14.9 Å². The molecule has 1 aliphatic rings. The van der Waals surface area contributed by atoms with Crippen molar-refractivity contribution in [3.63, 3.8) is 0 Å². The quantitative estimate of drug-likeness (QED) is 0.664. The minimum Gasteiger partial charge on any atom is -0.368 e. The van der Waals surface area contributed by atoms with Gasteiger partial charge < -0.3 is 10.2 Å². The summed E-state index contributed by atoms with van der Waals surface area (Å²) in [6.45, 7) is 4.13. The second-order valence-corrected chi connectivity index (χ2v) is 8.00. The van der Waals surface area contributed by atoms with E-state index in [-0.39, 0.29) is 5.91 Å². The summed E-state index contributed by atoms with van der Waals surface area (Å²) in [6, 6.07) is 11.0. The standard InChI is InChI=1S/C21H20Cl2N4O/c1-13-2-4-17(23)16(8-13)21(28)27-7-6-14(12-27)10-25-20-11-24-19-9-15(22)3-5-18(19)26-20/h2-5,8-9,11,14H,6-7,10,12H2,1H3,(H,25,26)/t14-/m0/s1. The Balaban J connectivity index is 1.38. The van der Waals surface area contributed by atoms with Crippen LogP contribution < -0.4 is 5.32 Å². The monoisotopic (exact) mass is 414 g/mol. The highest BCUT2D eigenvalue weighted by Crippen LogP contribution is 2.24. The van der Waals surface area contributed by atoms with Gasteiger partial charge in [0.15, 0.2) is 0 Å². The summed E-state index contributed by atoms with van der Waals surface area (Å²) in [7, 11) is 0. The smallest absolute Gasteiger partial charge is 0.255 e. The molecule has 1 aliphatic heterocycles. The van der Waals surface area contributed by atoms with E-state index in [2.05, 4.69) is 15.3 Å². The zero-order valence-corrected chi connectivity index (χ0v) is 17.0. The lowest BCUT2D eigenvalue weighted by Gasteiger charge is -2.18. The Labute approximate surface area is 173 Å². The summed E-state index contributed by atoms with van der Waals surface area (Å²) in [5.74, 6) is 1.08. The number of aryl methyl sites for hydroxylation is 1. The minimum absolute atomic E-state index is 0.00132. The van der Waals surface area contributed by atoms with E-state index in [9.17, 15) is 4.79 Å². The van der Waals surface area contributed by atoms with Crippen molar-refractivity contribution in [3.05, 3.63) is 63.8 Å². The molecule has 0 spiro atoms. The Hall–Kier alpha value is -2.37. The fraction of sp³-hybridized carbons (Fsp3) is 0.286. The van der Waals surface area contributed by atoms with Crippen LogP contribution in [-0.4, -0.2) is 40.4 Å². The van der Waals surface area contributed by atoms with Crippen molar-refractivity contribution >= 4 is 46.0 Å². The molecular weight excluding hydrogens is 395 g/mol. The lowest BCUT2D eigenvalue weighted by Crippen LogP contribution is -2.30. The van der Waals surface area contributed by atoms with Crippen LogP contribution in [0.2, 0.25) is 10.0 Å². The molecule has 144 valence electrons. The van der Waals surface area contributed by atoms with Gasteiger partial charge in [0.25, 0.3) is 5.91 Å². The van der Waals surface area contributed by atoms with Gasteiger partial charge in [-0.15, -0.1) is 0 Å². The van der Waals surface area contributed by atoms with Crippen LogP contribution in [0, 0.1) is 12.8 Å². The first-order valence-corrected chi connectivity index (χ1v) is 9.97. The van der Waals surface area contributed by atoms with Crippen LogP contribution in [0.4, 0.5) is 5.82 Å². The Morgan fingerprint density at radius 1 is 1.21 bits per heavy atom. The van der Waals surface area contributed by atoms with Gasteiger partial charge in [0, 0.05) is 24.7 Å². The number of fused-ring (bicyclic) bond motifs is 1. The summed E-state index contributed by atoms with van der Waals surface area (Å²) >= 11 is 12.2. The normalized spacial score (nSPS) is 16.5. The molecule has 0 saturated carbocycles. The van der Waals surface area contributed by atoms with Gasteiger partial charge in [-0.2, -0.15) is 0 Å². The number of amides is 1. The molecule has 3 aromatic rings. The fourth-order valence-corrected chi connectivity index (χ4v) is 3.84. The maximum absolute atomic E-state index is 12.8. The highest BCUT2D eigenvalue weighted by molar-refractivity contribution is 6.33. The molecule has 5 nitrogen and oxygen atoms in total. The molecular formula is C21H20Cl2N4O. The van der Waals surface area contributed by atoms with Gasteiger partial charge in [0.2, 0.25) is 0 Å². The molecule has 4 rings (SSSR count). The van der Waals surface area contributed by atoms with Crippen molar-refractivity contribution < 1.29 is 4.79 Å². The Kier molecular flexibility index (Phi) is 5.38. The number of rotatable bonds is 4. The number of anilines is 1. The van der Waals surface area contributed by atoms with Crippen LogP contribution >= 0.6 is 23.2 Å². The fourth-order valence-electron chi connectivity index (χ4n) is 3.48. The second kappa shape index (κ2) is 7.94. The van der Waals surface area contributed by atoms with Gasteiger partial charge in [0.05, 0.1) is 27.8 Å². The lowest BCUT2D eigenvalue weighted by atomic mass is 10.1. The zero-order valence-electron chi connectivity index (χ0n) is 15.5. The Morgan fingerprint density at radius 3 is 2.93 bits per heavy atom. The van der Waals surface area contributed by atoms with Crippen molar-refractivity contribution in [1.29, 1.82) is 0 Å². The first-order chi connectivity index (χ1) is 13.5. The number of benzene rings is 2. The molecule has 0 aliphatic carbocycles. The number of nitrogens with one attached hydrogen (secondary N) is 1. The second-order valence-electron chi connectivity index (χ2n) is 7.16. The Bertz CT molecular complexity index is 1040. The molecule has 1 fully saturated rings. The molecule has 0 radical (unpaired) electrons. The van der Waals surface area contributed by atoms with Gasteiger partial charge in [-0.25, -0.2) is 4.98 Å². The molecule has 1 aromatic heterocycles. The van der Waals surface area contributed by atoms with Crippen LogP contribution in [-0.2, 0) is 0 Å². The summed E-state index contributed by atoms with van der Waals surface area (Å²) in [5, 5.41) is 4.49. The number of hydrogen-bond acceptors (Lipinski definition) is 4. The van der Waals surface area contributed by atoms with E-state index in [1.165, 1.54) is 0 Å². The number of carbonyl (C=O) groups excluding carboxylic acids is 1. The number of carbonyl (C=O) groups is 1. The molecule has 28 heavy (non-hydrogen) atoms. The van der Waals surface area contributed by atoms with Crippen LogP contribution in [0.15, 0.2) is 42.6 Å². The van der Waals surface area contributed by atoms with Crippen molar-refractivity contribution in [2.75, 3.05) is 25.0 Å². The van der Waals surface area contributed by atoms with Crippen LogP contribution in [0.3, 0.4) is 0 Å². The summed E-state index contributed by atoms with van der Waals surface area (Å²) < 4.78 is 0. The Morgan fingerprint density at radius 2 is 2.07 bits per heavy atom. The molecule has 0 unspecified atom stereocenters. The predicted octanol–water partition coefficient (Wildman–Crippen LogP) is 4.82. The predicted molar refractivity (Wildman–Crippen MR) is 113 cm³/mol. The van der Waals surface area contributed by atoms with E-state index in [0.717, 1.165) is 41.9 Å². The maximum atomic E-state index is 12.8. The molecule has 1 N–H and O–H groups in total. The average Bonchev–Trinajstić information content (AvgIpc) is 3.16. The van der Waals surface area contributed by atoms with Gasteiger partial charge in [-0.05, 0) is 49.6 Å². The van der Waals surface area contributed by atoms with Crippen molar-refractivity contribution in [2.45, 2.75) is 13.3 Å². The van der Waals surface area contributed by atoms with Gasteiger partial charge >= 0.3 is 0 Å². The summed E-state index contributed by atoms with van der Waals surface area (Å²) in [4.78, 5) is 23.6. The highest BCUT2D eigenvalue weighted by Gasteiger charge is 2.28. The molecule has 1 amide bonds. The number of halogens is 2. The zero-order chi connectivity index (χ0) is 19.7. The molecule has 7 heteroatoms. The van der Waals surface area contributed by atoms with Gasteiger partial charge in [0.1, 0.15) is 5.82 Å². The van der Waals surface area contributed by atoms with E-state index >= 15 is 0 Å². The molecule has 1 atom stereocenters. The minimum atomic E-state index is -0.00132. The van der Waals surface area contributed by atoms with E-state index in [4.69, 9.17) is 23.2 Å². The van der Waals surface area contributed by atoms with Crippen LogP contribution in [0.25, 0.3) is 11.0 Å². The third-order valence-corrected chi connectivity index (χ3v) is 5.57. The van der Waals surface area contributed by atoms with E-state index in [1.54, 1.807) is 24.4 Å². The third-order valence-electron chi connectivity index (χ3n) is 5.00. The van der Waals surface area contributed by atoms with Gasteiger partial charge in [-0.3, -0.25) is 9.78 Å². The van der Waals surface area contributed by atoms with E-state index in [0.29, 0.717) is 28.1 Å². The number of likely N-dealkylation sites (tertiary alicyclic amines) is 1. The maximum Gasteiger partial charge on any atom is 0.255 e. The number of nitrogens with zero attached hydrogens (tertiary/aromatic N) is 3. The molecule has 1 saturated heterocycles. The number of hydrogen-bond donors (Lipinski definition) is 1. The molecule has 2 heterocycles. The average molecular weight is 415 g/mol. The summed E-state index contributed by atoms with van der Waals surface area (Å²) in [5.41, 5.74) is 3.17. The first-order valence-electron chi connectivity index (χ1n) is 9.21. The third kappa shape index (κ3) is 4.05. The topological polar surface area (TPSA) is 58.1 Å².